The van der Waals surface area contributed by atoms with Gasteiger partial charge in [-0.3, -0.25) is 9.63 Å². The van der Waals surface area contributed by atoms with Crippen LogP contribution in [0.1, 0.15) is 6.42 Å². The minimum Gasteiger partial charge on any atom is -0.479 e. The molecule has 0 spiro atoms. The van der Waals surface area contributed by atoms with E-state index in [2.05, 4.69) is 10.3 Å². The van der Waals surface area contributed by atoms with Gasteiger partial charge in [0.25, 0.3) is 0 Å². The Bertz CT molecular complexity index is 369. The van der Waals surface area contributed by atoms with E-state index in [4.69, 9.17) is 5.11 Å². The monoisotopic (exact) mass is 255 g/mol. The lowest BCUT2D eigenvalue weighted by atomic mass is 10.4. The Labute approximate surface area is 103 Å². The van der Waals surface area contributed by atoms with Crippen LogP contribution in [0.15, 0.2) is 35.2 Å². The molecule has 0 fully saturated rings. The maximum atomic E-state index is 11.2. The van der Waals surface area contributed by atoms with Crippen molar-refractivity contribution in [2.75, 3.05) is 12.4 Å². The molecule has 0 aromatic heterocycles. The zero-order valence-electron chi connectivity index (χ0n) is 9.09. The number of rotatable bonds is 7. The molecular weight excluding hydrogens is 242 g/mol. The summed E-state index contributed by atoms with van der Waals surface area (Å²) in [7, 11) is 0. The number of carbonyl (C=O) groups excluding carboxylic acids is 1. The van der Waals surface area contributed by atoms with Crippen LogP contribution in [0.4, 0.5) is 0 Å². The molecule has 1 amide bonds. The average molecular weight is 255 g/mol. The summed E-state index contributed by atoms with van der Waals surface area (Å²) in [6.45, 7) is -0.530. The lowest BCUT2D eigenvalue weighted by molar-refractivity contribution is -0.149. The van der Waals surface area contributed by atoms with Crippen LogP contribution in [0.3, 0.4) is 0 Å². The quantitative estimate of drug-likeness (QED) is 0.567. The van der Waals surface area contributed by atoms with Gasteiger partial charge in [0.1, 0.15) is 0 Å². The molecule has 0 aliphatic heterocycles. The fraction of sp³-hybridized carbons (Fsp3) is 0.273. The van der Waals surface area contributed by atoms with Crippen molar-refractivity contribution >= 4 is 23.6 Å². The smallest absolute Gasteiger partial charge is 0.332 e. The highest BCUT2D eigenvalue weighted by Gasteiger charge is 2.03. The number of amides is 1. The second-order valence-corrected chi connectivity index (χ2v) is 4.29. The highest BCUT2D eigenvalue weighted by Crippen LogP contribution is 2.17. The Morgan fingerprint density at radius 3 is 2.65 bits per heavy atom. The van der Waals surface area contributed by atoms with E-state index < -0.39 is 12.6 Å². The van der Waals surface area contributed by atoms with Crippen LogP contribution < -0.4 is 5.48 Å². The number of nitrogens with one attached hydrogen (secondary N) is 1. The van der Waals surface area contributed by atoms with E-state index in [9.17, 15) is 9.59 Å². The van der Waals surface area contributed by atoms with E-state index in [1.807, 2.05) is 30.3 Å². The molecule has 0 saturated carbocycles. The van der Waals surface area contributed by atoms with Gasteiger partial charge in [-0.25, -0.2) is 10.3 Å². The topological polar surface area (TPSA) is 75.6 Å². The first-order valence-corrected chi connectivity index (χ1v) is 5.97. The van der Waals surface area contributed by atoms with Gasteiger partial charge in [-0.05, 0) is 12.1 Å². The minimum atomic E-state index is -1.12. The highest BCUT2D eigenvalue weighted by molar-refractivity contribution is 7.99. The minimum absolute atomic E-state index is 0.277. The van der Waals surface area contributed by atoms with Gasteiger partial charge >= 0.3 is 5.97 Å². The lowest BCUT2D eigenvalue weighted by Gasteiger charge is -2.03. The Kier molecular flexibility index (Phi) is 6.13. The molecule has 6 heteroatoms. The van der Waals surface area contributed by atoms with Gasteiger partial charge in [0.15, 0.2) is 6.61 Å². The van der Waals surface area contributed by atoms with Gasteiger partial charge in [-0.1, -0.05) is 18.2 Å². The fourth-order valence-electron chi connectivity index (χ4n) is 1.01. The largest absolute Gasteiger partial charge is 0.479 e. The maximum absolute atomic E-state index is 11.2. The Balaban J connectivity index is 2.10. The van der Waals surface area contributed by atoms with E-state index in [-0.39, 0.29) is 12.3 Å². The Hall–Kier alpha value is -1.53. The molecule has 17 heavy (non-hydrogen) atoms. The van der Waals surface area contributed by atoms with Crippen molar-refractivity contribution in [2.24, 2.45) is 0 Å². The third-order valence-corrected chi connectivity index (χ3v) is 2.74. The van der Waals surface area contributed by atoms with Gasteiger partial charge in [-0.15, -0.1) is 11.8 Å². The summed E-state index contributed by atoms with van der Waals surface area (Å²) in [6, 6.07) is 9.71. The highest BCUT2D eigenvalue weighted by atomic mass is 32.2. The van der Waals surface area contributed by atoms with Crippen LogP contribution >= 0.6 is 11.8 Å². The molecule has 0 heterocycles. The molecule has 0 aliphatic carbocycles. The number of carboxylic acid groups (broad SMARTS) is 1. The van der Waals surface area contributed by atoms with Crippen LogP contribution in [0, 0.1) is 0 Å². The number of hydrogen-bond acceptors (Lipinski definition) is 4. The average Bonchev–Trinajstić information content (AvgIpc) is 2.30. The molecule has 0 atom stereocenters. The number of benzene rings is 1. The third kappa shape index (κ3) is 6.60. The molecule has 0 aliphatic rings. The van der Waals surface area contributed by atoms with Crippen molar-refractivity contribution in [3.05, 3.63) is 30.3 Å². The Morgan fingerprint density at radius 1 is 1.29 bits per heavy atom. The van der Waals surface area contributed by atoms with Gasteiger partial charge in [0, 0.05) is 17.1 Å². The molecule has 5 nitrogen and oxygen atoms in total. The zero-order valence-corrected chi connectivity index (χ0v) is 9.90. The molecular formula is C11H13NO4S. The van der Waals surface area contributed by atoms with Crippen molar-refractivity contribution in [3.8, 4) is 0 Å². The van der Waals surface area contributed by atoms with Gasteiger partial charge in [0.2, 0.25) is 5.91 Å². The van der Waals surface area contributed by atoms with Crippen LogP contribution in [-0.4, -0.2) is 29.3 Å². The summed E-state index contributed by atoms with van der Waals surface area (Å²) >= 11 is 1.56. The molecule has 0 unspecified atom stereocenters. The number of hydroxylamine groups is 1. The molecule has 1 aromatic carbocycles. The molecule has 0 bridgehead atoms. The van der Waals surface area contributed by atoms with E-state index in [0.29, 0.717) is 5.75 Å². The predicted molar refractivity (Wildman–Crippen MR) is 63.5 cm³/mol. The van der Waals surface area contributed by atoms with E-state index in [0.717, 1.165) is 4.90 Å². The second kappa shape index (κ2) is 7.70. The van der Waals surface area contributed by atoms with Gasteiger partial charge in [-0.2, -0.15) is 0 Å². The molecule has 92 valence electrons. The summed E-state index contributed by atoms with van der Waals surface area (Å²) in [5, 5.41) is 8.27. The van der Waals surface area contributed by atoms with E-state index in [1.165, 1.54) is 0 Å². The second-order valence-electron chi connectivity index (χ2n) is 3.12. The lowest BCUT2D eigenvalue weighted by Crippen LogP contribution is -2.26. The van der Waals surface area contributed by atoms with E-state index in [1.54, 1.807) is 11.8 Å². The number of carboxylic acids is 1. The van der Waals surface area contributed by atoms with Crippen LogP contribution in [0.2, 0.25) is 0 Å². The predicted octanol–water partition coefficient (Wildman–Crippen LogP) is 1.30. The summed E-state index contributed by atoms with van der Waals surface area (Å²) in [6.07, 6.45) is 0.277. The third-order valence-electron chi connectivity index (χ3n) is 1.72. The van der Waals surface area contributed by atoms with Gasteiger partial charge in [0.05, 0.1) is 0 Å². The van der Waals surface area contributed by atoms with Crippen molar-refractivity contribution in [2.45, 2.75) is 11.3 Å². The van der Waals surface area contributed by atoms with E-state index >= 15 is 0 Å². The SMILES string of the molecule is O=C(O)CONC(=O)CCSc1ccccc1. The number of aliphatic carboxylic acids is 1. The first-order valence-electron chi connectivity index (χ1n) is 4.99. The van der Waals surface area contributed by atoms with Crippen LogP contribution in [0.25, 0.3) is 0 Å². The van der Waals surface area contributed by atoms with Crippen molar-refractivity contribution < 1.29 is 19.5 Å². The van der Waals surface area contributed by atoms with Gasteiger partial charge < -0.3 is 5.11 Å². The van der Waals surface area contributed by atoms with Crippen molar-refractivity contribution in [1.29, 1.82) is 0 Å². The fourth-order valence-corrected chi connectivity index (χ4v) is 1.88. The first-order chi connectivity index (χ1) is 8.18. The molecule has 1 rings (SSSR count). The molecule has 2 N–H and O–H groups in total. The van der Waals surface area contributed by atoms with Crippen molar-refractivity contribution in [1.82, 2.24) is 5.48 Å². The maximum Gasteiger partial charge on any atom is 0.332 e. The zero-order chi connectivity index (χ0) is 12.5. The summed E-state index contributed by atoms with van der Waals surface area (Å²) < 4.78 is 0. The van der Waals surface area contributed by atoms with Crippen LogP contribution in [0.5, 0.6) is 0 Å². The molecule has 0 saturated heterocycles. The number of hydrogen-bond donors (Lipinski definition) is 2. The molecule has 0 radical (unpaired) electrons. The Morgan fingerprint density at radius 2 is 2.00 bits per heavy atom. The van der Waals surface area contributed by atoms with Crippen LogP contribution in [-0.2, 0) is 14.4 Å². The number of carbonyl (C=O) groups is 2. The summed E-state index contributed by atoms with van der Waals surface area (Å²) in [5.41, 5.74) is 2.07. The summed E-state index contributed by atoms with van der Waals surface area (Å²) in [4.78, 5) is 26.8. The first kappa shape index (κ1) is 13.5. The normalized spacial score (nSPS) is 9.88. The molecule has 1 aromatic rings. The summed E-state index contributed by atoms with van der Waals surface area (Å²) in [5.74, 6) is -0.828. The number of thioether (sulfide) groups is 1. The standard InChI is InChI=1S/C11H13NO4S/c13-10(12-16-8-11(14)15)6-7-17-9-4-2-1-3-5-9/h1-5H,6-8H2,(H,12,13)(H,14,15). The van der Waals surface area contributed by atoms with Crippen molar-refractivity contribution in [3.63, 3.8) is 0 Å².